The van der Waals surface area contributed by atoms with E-state index in [1.165, 1.54) is 4.76 Å². The van der Waals surface area contributed by atoms with Gasteiger partial charge in [0, 0.05) is 35.4 Å². The Morgan fingerprint density at radius 1 is 1.40 bits per heavy atom. The maximum atomic E-state index is 11.3. The Morgan fingerprint density at radius 3 is 2.20 bits per heavy atom. The molecule has 0 amide bonds. The van der Waals surface area contributed by atoms with Gasteiger partial charge in [-0.1, -0.05) is 13.8 Å². The van der Waals surface area contributed by atoms with Crippen molar-refractivity contribution in [1.29, 1.82) is 0 Å². The lowest BCUT2D eigenvalue weighted by Crippen LogP contribution is -2.33. The molecule has 0 spiro atoms. The van der Waals surface area contributed by atoms with E-state index < -0.39 is 0 Å². The predicted molar refractivity (Wildman–Crippen MR) is 41.0 cm³/mol. The molecule has 0 radical (unpaired) electrons. The third-order valence-corrected chi connectivity index (χ3v) is 2.85. The van der Waals surface area contributed by atoms with Crippen LogP contribution in [0.5, 0.6) is 0 Å². The largest absolute Gasteiger partial charge is 0.210 e. The quantitative estimate of drug-likeness (QED) is 0.541. The van der Waals surface area contributed by atoms with Crippen LogP contribution in [0, 0.1) is 4.91 Å². The fraction of sp³-hybridized carbons (Fsp3) is 1.00. The minimum atomic E-state index is 0.0139. The zero-order chi connectivity index (χ0) is 7.61. The lowest BCUT2D eigenvalue weighted by atomic mass is 9.91. The van der Waals surface area contributed by atoms with E-state index in [0.29, 0.717) is 0 Å². The first kappa shape index (κ1) is 7.70. The summed E-state index contributed by atoms with van der Waals surface area (Å²) in [5.74, 6) is 0. The molecule has 0 aromatic rings. The van der Waals surface area contributed by atoms with Crippen LogP contribution in [0.2, 0.25) is 0 Å². The second kappa shape index (κ2) is 2.69. The Hall–Kier alpha value is -0.400. The van der Waals surface area contributed by atoms with E-state index in [4.69, 9.17) is 0 Å². The molecular formula is C8H16NO+. The van der Waals surface area contributed by atoms with Gasteiger partial charge in [-0.3, -0.25) is 0 Å². The summed E-state index contributed by atoms with van der Waals surface area (Å²) < 4.78 is 1.28. The van der Waals surface area contributed by atoms with Crippen molar-refractivity contribution in [3.63, 3.8) is 0 Å². The van der Waals surface area contributed by atoms with Crippen molar-refractivity contribution in [2.24, 2.45) is 0 Å². The zero-order valence-corrected chi connectivity index (χ0v) is 6.89. The average Bonchev–Trinajstić information content (AvgIpc) is 2.32. The van der Waals surface area contributed by atoms with Gasteiger partial charge in [0.2, 0.25) is 5.54 Å². The highest BCUT2D eigenvalue weighted by Crippen LogP contribution is 2.30. The number of rotatable bonds is 2. The summed E-state index contributed by atoms with van der Waals surface area (Å²) in [7, 11) is 0. The highest BCUT2D eigenvalue weighted by molar-refractivity contribution is 4.79. The van der Waals surface area contributed by atoms with Crippen LogP contribution in [0.25, 0.3) is 0 Å². The molecule has 58 valence electrons. The lowest BCUT2D eigenvalue weighted by molar-refractivity contribution is -0.607. The van der Waals surface area contributed by atoms with Gasteiger partial charge in [-0.25, -0.2) is 0 Å². The van der Waals surface area contributed by atoms with E-state index in [2.05, 4.69) is 13.8 Å². The van der Waals surface area contributed by atoms with Crippen molar-refractivity contribution < 1.29 is 4.76 Å². The molecule has 10 heavy (non-hydrogen) atoms. The summed E-state index contributed by atoms with van der Waals surface area (Å²) in [6.07, 6.45) is 4.20. The second-order valence-electron chi connectivity index (χ2n) is 3.14. The van der Waals surface area contributed by atoms with Crippen LogP contribution in [-0.4, -0.2) is 16.8 Å². The molecule has 0 aliphatic carbocycles. The Morgan fingerprint density at radius 2 is 2.00 bits per heavy atom. The molecule has 0 saturated carbocycles. The van der Waals surface area contributed by atoms with E-state index in [1.54, 1.807) is 0 Å². The number of nitroso groups, excluding NO2 is 1. The molecule has 0 aromatic carbocycles. The van der Waals surface area contributed by atoms with Gasteiger partial charge < -0.3 is 0 Å². The van der Waals surface area contributed by atoms with E-state index in [1.807, 2.05) is 0 Å². The van der Waals surface area contributed by atoms with Gasteiger partial charge >= 0.3 is 0 Å². The predicted octanol–water partition coefficient (Wildman–Crippen LogP) is 2.12. The summed E-state index contributed by atoms with van der Waals surface area (Å²) >= 11 is 0. The Bertz CT molecular complexity index is 138. The van der Waals surface area contributed by atoms with Crippen molar-refractivity contribution >= 4 is 0 Å². The Balaban J connectivity index is 2.71. The first-order chi connectivity index (χ1) is 4.75. The summed E-state index contributed by atoms with van der Waals surface area (Å²) in [5, 5.41) is 0. The maximum Gasteiger partial charge on any atom is 0.210 e. The molecule has 0 unspecified atom stereocenters. The maximum absolute atomic E-state index is 11.3. The minimum Gasteiger partial charge on any atom is -0.0586 e. The van der Waals surface area contributed by atoms with Crippen molar-refractivity contribution in [2.75, 3.05) is 6.54 Å². The van der Waals surface area contributed by atoms with Gasteiger partial charge in [0.25, 0.3) is 0 Å². The molecule has 1 rings (SSSR count). The van der Waals surface area contributed by atoms with Crippen LogP contribution < -0.4 is 0 Å². The van der Waals surface area contributed by atoms with Gasteiger partial charge in [0.1, 0.15) is 0 Å². The third kappa shape index (κ3) is 0.957. The van der Waals surface area contributed by atoms with Gasteiger partial charge in [0.15, 0.2) is 6.54 Å². The molecule has 0 atom stereocenters. The van der Waals surface area contributed by atoms with Crippen LogP contribution in [-0.2, 0) is 0 Å². The first-order valence-corrected chi connectivity index (χ1v) is 4.20. The second-order valence-corrected chi connectivity index (χ2v) is 3.14. The molecule has 1 fully saturated rings. The van der Waals surface area contributed by atoms with Crippen LogP contribution in [0.3, 0.4) is 0 Å². The number of nitrogens with zero attached hydrogens (tertiary/aromatic N) is 1. The third-order valence-electron chi connectivity index (χ3n) is 2.85. The van der Waals surface area contributed by atoms with Crippen LogP contribution in [0.4, 0.5) is 0 Å². The highest BCUT2D eigenvalue weighted by Gasteiger charge is 2.46. The smallest absolute Gasteiger partial charge is 0.0586 e. The van der Waals surface area contributed by atoms with E-state index >= 15 is 0 Å². The summed E-state index contributed by atoms with van der Waals surface area (Å²) in [4.78, 5) is 11.3. The molecule has 1 aliphatic heterocycles. The molecule has 0 N–H and O–H groups in total. The molecule has 0 bridgehead atoms. The van der Waals surface area contributed by atoms with Crippen molar-refractivity contribution in [1.82, 2.24) is 0 Å². The molecule has 1 heterocycles. The summed E-state index contributed by atoms with van der Waals surface area (Å²) in [6, 6.07) is 0. The van der Waals surface area contributed by atoms with Crippen molar-refractivity contribution in [3.05, 3.63) is 4.91 Å². The Labute approximate surface area is 62.2 Å². The normalized spacial score (nSPS) is 23.6. The number of hydrogen-bond donors (Lipinski definition) is 0. The van der Waals surface area contributed by atoms with Crippen LogP contribution in [0.15, 0.2) is 0 Å². The van der Waals surface area contributed by atoms with E-state index in [9.17, 15) is 4.91 Å². The number of hydrogen-bond acceptors (Lipinski definition) is 1. The average molecular weight is 142 g/mol. The minimum absolute atomic E-state index is 0.0139. The lowest BCUT2D eigenvalue weighted by Gasteiger charge is -2.14. The molecule has 2 nitrogen and oxygen atoms in total. The van der Waals surface area contributed by atoms with Gasteiger partial charge in [-0.05, 0) is 0 Å². The van der Waals surface area contributed by atoms with E-state index in [0.717, 1.165) is 32.2 Å². The molecule has 2 heteroatoms. The zero-order valence-electron chi connectivity index (χ0n) is 6.89. The van der Waals surface area contributed by atoms with Gasteiger partial charge in [-0.15, -0.1) is 0 Å². The standard InChI is InChI=1S/C8H16NO/c1-3-8(4-2)6-5-7-9(8)10/h3-7H2,1-2H3/q+1. The van der Waals surface area contributed by atoms with E-state index in [-0.39, 0.29) is 5.54 Å². The summed E-state index contributed by atoms with van der Waals surface area (Å²) in [5.41, 5.74) is 0.0139. The van der Waals surface area contributed by atoms with Crippen molar-refractivity contribution in [3.8, 4) is 0 Å². The molecule has 1 saturated heterocycles. The topological polar surface area (TPSA) is 20.1 Å². The van der Waals surface area contributed by atoms with Gasteiger partial charge in [0.05, 0.1) is 0 Å². The first-order valence-electron chi connectivity index (χ1n) is 4.20. The van der Waals surface area contributed by atoms with Crippen molar-refractivity contribution in [2.45, 2.75) is 45.1 Å². The van der Waals surface area contributed by atoms with Crippen LogP contribution in [0.1, 0.15) is 39.5 Å². The SMILES string of the molecule is CCC1(CC)CCC[N+]1=O. The Kier molecular flexibility index (Phi) is 2.07. The fourth-order valence-electron chi connectivity index (χ4n) is 1.87. The summed E-state index contributed by atoms with van der Waals surface area (Å²) in [6.45, 7) is 4.97. The fourth-order valence-corrected chi connectivity index (χ4v) is 1.87. The molecule has 1 aliphatic rings. The monoisotopic (exact) mass is 142 g/mol. The highest BCUT2D eigenvalue weighted by atomic mass is 16.3. The van der Waals surface area contributed by atoms with Crippen LogP contribution >= 0.6 is 0 Å². The molecule has 0 aromatic heterocycles. The molecular weight excluding hydrogens is 126 g/mol. The van der Waals surface area contributed by atoms with Gasteiger partial charge in [-0.2, -0.15) is 0 Å².